The summed E-state index contributed by atoms with van der Waals surface area (Å²) in [4.78, 5) is 14.6. The summed E-state index contributed by atoms with van der Waals surface area (Å²) in [6.45, 7) is 10.3. The summed E-state index contributed by atoms with van der Waals surface area (Å²) in [5, 5.41) is 5.94. The Kier molecular flexibility index (Phi) is 6.91. The number of likely N-dealkylation sites (tertiary alicyclic amines) is 1. The third kappa shape index (κ3) is 5.71. The highest BCUT2D eigenvalue weighted by molar-refractivity contribution is 5.74. The van der Waals surface area contributed by atoms with Crippen LogP contribution in [0.4, 0.5) is 4.79 Å². The first-order valence-corrected chi connectivity index (χ1v) is 8.86. The van der Waals surface area contributed by atoms with Crippen molar-refractivity contribution < 1.29 is 9.53 Å². The van der Waals surface area contributed by atoms with Gasteiger partial charge in [0, 0.05) is 37.8 Å². The average molecular weight is 333 g/mol. The lowest BCUT2D eigenvalue weighted by molar-refractivity contribution is 0.131. The van der Waals surface area contributed by atoms with Crippen molar-refractivity contribution in [3.05, 3.63) is 29.8 Å². The second-order valence-corrected chi connectivity index (χ2v) is 7.20. The Labute approximate surface area is 145 Å². The van der Waals surface area contributed by atoms with Crippen LogP contribution < -0.4 is 15.4 Å². The van der Waals surface area contributed by atoms with Crippen LogP contribution >= 0.6 is 0 Å². The third-order valence-electron chi connectivity index (χ3n) is 4.49. The van der Waals surface area contributed by atoms with Gasteiger partial charge < -0.3 is 20.3 Å². The largest absolute Gasteiger partial charge is 0.496 e. The van der Waals surface area contributed by atoms with Gasteiger partial charge in [0.2, 0.25) is 0 Å². The SMILES string of the molecule is COc1ccccc1CNC(=O)N[C@H](C)CN1C[C@H](C)C[C@H](C)C1. The van der Waals surface area contributed by atoms with E-state index in [4.69, 9.17) is 4.74 Å². The number of rotatable bonds is 6. The normalized spacial score (nSPS) is 22.7. The number of piperidine rings is 1. The zero-order valence-electron chi connectivity index (χ0n) is 15.3. The van der Waals surface area contributed by atoms with Crippen molar-refractivity contribution in [3.63, 3.8) is 0 Å². The van der Waals surface area contributed by atoms with E-state index in [1.54, 1.807) is 7.11 Å². The van der Waals surface area contributed by atoms with Crippen molar-refractivity contribution in [1.29, 1.82) is 0 Å². The average Bonchev–Trinajstić information content (AvgIpc) is 2.52. The molecule has 2 rings (SSSR count). The molecule has 0 aliphatic carbocycles. The van der Waals surface area contributed by atoms with Gasteiger partial charge >= 0.3 is 6.03 Å². The molecule has 2 amide bonds. The summed E-state index contributed by atoms with van der Waals surface area (Å²) in [7, 11) is 1.64. The first kappa shape index (κ1) is 18.6. The van der Waals surface area contributed by atoms with Crippen LogP contribution in [-0.4, -0.2) is 43.7 Å². The van der Waals surface area contributed by atoms with Gasteiger partial charge in [-0.25, -0.2) is 4.79 Å². The van der Waals surface area contributed by atoms with Gasteiger partial charge in [-0.2, -0.15) is 0 Å². The maximum atomic E-state index is 12.1. The first-order valence-electron chi connectivity index (χ1n) is 8.86. The molecule has 1 heterocycles. The topological polar surface area (TPSA) is 53.6 Å². The first-order chi connectivity index (χ1) is 11.5. The molecule has 1 fully saturated rings. The zero-order chi connectivity index (χ0) is 17.5. The molecule has 0 unspecified atom stereocenters. The quantitative estimate of drug-likeness (QED) is 0.842. The molecule has 5 nitrogen and oxygen atoms in total. The molecule has 1 aromatic rings. The predicted molar refractivity (Wildman–Crippen MR) is 97.2 cm³/mol. The van der Waals surface area contributed by atoms with Gasteiger partial charge in [-0.15, -0.1) is 0 Å². The van der Waals surface area contributed by atoms with E-state index >= 15 is 0 Å². The number of hydrogen-bond acceptors (Lipinski definition) is 3. The third-order valence-corrected chi connectivity index (χ3v) is 4.49. The number of nitrogens with zero attached hydrogens (tertiary/aromatic N) is 1. The summed E-state index contributed by atoms with van der Waals surface area (Å²) in [6, 6.07) is 7.71. The fourth-order valence-corrected chi connectivity index (χ4v) is 3.67. The molecule has 0 radical (unpaired) electrons. The van der Waals surface area contributed by atoms with Crippen molar-refractivity contribution in [2.45, 2.75) is 39.8 Å². The molecule has 5 heteroatoms. The van der Waals surface area contributed by atoms with Gasteiger partial charge in [0.15, 0.2) is 0 Å². The minimum absolute atomic E-state index is 0.125. The maximum absolute atomic E-state index is 12.1. The fourth-order valence-electron chi connectivity index (χ4n) is 3.67. The molecule has 1 aromatic carbocycles. The van der Waals surface area contributed by atoms with Gasteiger partial charge in [-0.05, 0) is 31.2 Å². The number of nitrogens with one attached hydrogen (secondary N) is 2. The Morgan fingerprint density at radius 2 is 1.96 bits per heavy atom. The molecule has 1 saturated heterocycles. The van der Waals surface area contributed by atoms with E-state index in [0.29, 0.717) is 6.54 Å². The van der Waals surface area contributed by atoms with Gasteiger partial charge in [0.05, 0.1) is 7.11 Å². The molecular weight excluding hydrogens is 302 g/mol. The minimum atomic E-state index is -0.133. The number of amides is 2. The van der Waals surface area contributed by atoms with Crippen molar-refractivity contribution in [2.75, 3.05) is 26.7 Å². The molecule has 0 spiro atoms. The Bertz CT molecular complexity index is 525. The lowest BCUT2D eigenvalue weighted by atomic mass is 9.92. The molecule has 0 saturated carbocycles. The van der Waals surface area contributed by atoms with Crippen LogP contribution in [0.15, 0.2) is 24.3 Å². The summed E-state index contributed by atoms with van der Waals surface area (Å²) >= 11 is 0. The van der Waals surface area contributed by atoms with E-state index < -0.39 is 0 Å². The molecule has 0 bridgehead atoms. The number of carbonyl (C=O) groups excluding carboxylic acids is 1. The van der Waals surface area contributed by atoms with Crippen LogP contribution in [-0.2, 0) is 6.54 Å². The molecule has 0 aromatic heterocycles. The summed E-state index contributed by atoms with van der Waals surface area (Å²) in [6.07, 6.45) is 1.30. The monoisotopic (exact) mass is 333 g/mol. The number of para-hydroxylation sites is 1. The van der Waals surface area contributed by atoms with E-state index in [1.807, 2.05) is 24.3 Å². The highest BCUT2D eigenvalue weighted by atomic mass is 16.5. The van der Waals surface area contributed by atoms with Gasteiger partial charge in [-0.3, -0.25) is 0 Å². The minimum Gasteiger partial charge on any atom is -0.496 e. The number of hydrogen-bond donors (Lipinski definition) is 2. The Morgan fingerprint density at radius 1 is 1.29 bits per heavy atom. The Balaban J connectivity index is 1.75. The van der Waals surface area contributed by atoms with E-state index in [0.717, 1.165) is 42.8 Å². The molecule has 1 aliphatic rings. The standard InChI is InChI=1S/C19H31N3O2/c1-14-9-15(2)12-22(11-14)13-16(3)21-19(23)20-10-17-7-5-6-8-18(17)24-4/h5-8,14-16H,9-13H2,1-4H3,(H2,20,21,23)/t14-,15+,16-/m1/s1. The molecule has 24 heavy (non-hydrogen) atoms. The number of ether oxygens (including phenoxy) is 1. The Morgan fingerprint density at radius 3 is 2.62 bits per heavy atom. The van der Waals surface area contributed by atoms with Crippen LogP contribution in [0.2, 0.25) is 0 Å². The van der Waals surface area contributed by atoms with Gasteiger partial charge in [0.25, 0.3) is 0 Å². The lowest BCUT2D eigenvalue weighted by Gasteiger charge is -2.36. The maximum Gasteiger partial charge on any atom is 0.315 e. The Hall–Kier alpha value is -1.75. The molecule has 1 aliphatic heterocycles. The number of urea groups is 1. The van der Waals surface area contributed by atoms with Crippen molar-refractivity contribution in [3.8, 4) is 5.75 Å². The van der Waals surface area contributed by atoms with E-state index in [-0.39, 0.29) is 12.1 Å². The smallest absolute Gasteiger partial charge is 0.315 e. The highest BCUT2D eigenvalue weighted by Gasteiger charge is 2.23. The molecule has 2 N–H and O–H groups in total. The highest BCUT2D eigenvalue weighted by Crippen LogP contribution is 2.21. The second kappa shape index (κ2) is 8.92. The van der Waals surface area contributed by atoms with Gasteiger partial charge in [0.1, 0.15) is 5.75 Å². The van der Waals surface area contributed by atoms with E-state index in [2.05, 4.69) is 36.3 Å². The number of methoxy groups -OCH3 is 1. The van der Waals surface area contributed by atoms with Crippen LogP contribution in [0.25, 0.3) is 0 Å². The van der Waals surface area contributed by atoms with E-state index in [9.17, 15) is 4.79 Å². The van der Waals surface area contributed by atoms with Crippen LogP contribution in [0.1, 0.15) is 32.8 Å². The zero-order valence-corrected chi connectivity index (χ0v) is 15.3. The molecule has 3 atom stereocenters. The van der Waals surface area contributed by atoms with Crippen LogP contribution in [0, 0.1) is 11.8 Å². The molecule has 134 valence electrons. The number of carbonyl (C=O) groups is 1. The fraction of sp³-hybridized carbons (Fsp3) is 0.632. The predicted octanol–water partition coefficient (Wildman–Crippen LogP) is 2.86. The van der Waals surface area contributed by atoms with Crippen molar-refractivity contribution in [2.24, 2.45) is 11.8 Å². The summed E-state index contributed by atoms with van der Waals surface area (Å²) in [5.41, 5.74) is 0.974. The van der Waals surface area contributed by atoms with Crippen molar-refractivity contribution in [1.82, 2.24) is 15.5 Å². The lowest BCUT2D eigenvalue weighted by Crippen LogP contribution is -2.49. The van der Waals surface area contributed by atoms with E-state index in [1.165, 1.54) is 6.42 Å². The van der Waals surface area contributed by atoms with Crippen LogP contribution in [0.3, 0.4) is 0 Å². The second-order valence-electron chi connectivity index (χ2n) is 7.20. The summed E-state index contributed by atoms with van der Waals surface area (Å²) in [5.74, 6) is 2.27. The van der Waals surface area contributed by atoms with Crippen LogP contribution in [0.5, 0.6) is 5.75 Å². The van der Waals surface area contributed by atoms with Crippen molar-refractivity contribution >= 4 is 6.03 Å². The molecular formula is C19H31N3O2. The summed E-state index contributed by atoms with van der Waals surface area (Å²) < 4.78 is 5.30. The van der Waals surface area contributed by atoms with Gasteiger partial charge in [-0.1, -0.05) is 32.0 Å². The number of benzene rings is 1.